The number of nitrogens with zero attached hydrogens (tertiary/aromatic N) is 1. The largest absolute Gasteiger partial charge is 0.480 e. The maximum Gasteiger partial charge on any atom is 0.326 e. The Labute approximate surface area is 159 Å². The van der Waals surface area contributed by atoms with E-state index in [2.05, 4.69) is 5.32 Å². The fourth-order valence-corrected chi connectivity index (χ4v) is 4.48. The minimum absolute atomic E-state index is 0.0367. The zero-order valence-corrected chi connectivity index (χ0v) is 16.7. The van der Waals surface area contributed by atoms with Gasteiger partial charge >= 0.3 is 5.97 Å². The monoisotopic (exact) mass is 382 g/mol. The van der Waals surface area contributed by atoms with Crippen molar-refractivity contribution in [1.29, 1.82) is 0 Å². The van der Waals surface area contributed by atoms with E-state index in [1.165, 1.54) is 4.90 Å². The number of likely N-dealkylation sites (tertiary alicyclic amines) is 1. The zero-order chi connectivity index (χ0) is 20.1. The van der Waals surface area contributed by atoms with Crippen molar-refractivity contribution in [3.05, 3.63) is 0 Å². The molecule has 0 spiro atoms. The lowest BCUT2D eigenvalue weighted by Gasteiger charge is -2.37. The molecule has 8 heteroatoms. The van der Waals surface area contributed by atoms with E-state index >= 15 is 0 Å². The third kappa shape index (κ3) is 3.57. The molecular formula is C19H30N2O6. The molecule has 1 unspecified atom stereocenters. The Morgan fingerprint density at radius 2 is 1.89 bits per heavy atom. The van der Waals surface area contributed by atoms with Crippen molar-refractivity contribution in [3.63, 3.8) is 0 Å². The maximum absolute atomic E-state index is 13.3. The van der Waals surface area contributed by atoms with Crippen molar-refractivity contribution in [2.75, 3.05) is 26.4 Å². The fourth-order valence-electron chi connectivity index (χ4n) is 4.48. The number of amides is 2. The van der Waals surface area contributed by atoms with E-state index < -0.39 is 35.5 Å². The summed E-state index contributed by atoms with van der Waals surface area (Å²) in [5.74, 6) is -1.58. The summed E-state index contributed by atoms with van der Waals surface area (Å²) in [4.78, 5) is 39.1. The topological polar surface area (TPSA) is 105 Å². The molecule has 2 saturated heterocycles. The molecule has 0 aromatic carbocycles. The van der Waals surface area contributed by atoms with Crippen molar-refractivity contribution < 1.29 is 29.0 Å². The van der Waals surface area contributed by atoms with E-state index in [1.807, 2.05) is 34.6 Å². The normalized spacial score (nSPS) is 33.1. The van der Waals surface area contributed by atoms with Crippen LogP contribution in [0.5, 0.6) is 0 Å². The van der Waals surface area contributed by atoms with Crippen LogP contribution < -0.4 is 5.32 Å². The van der Waals surface area contributed by atoms with Gasteiger partial charge in [-0.2, -0.15) is 0 Å². The fraction of sp³-hybridized carbons (Fsp3) is 0.842. The molecule has 2 N–H and O–H groups in total. The molecule has 1 aliphatic carbocycles. The van der Waals surface area contributed by atoms with Crippen LogP contribution in [-0.4, -0.2) is 72.3 Å². The van der Waals surface area contributed by atoms with Crippen molar-refractivity contribution in [2.24, 2.45) is 22.7 Å². The van der Waals surface area contributed by atoms with Gasteiger partial charge < -0.3 is 24.8 Å². The SMILES string of the molecule is CC(C)(C)[C@H](NC(=O)C1COCCO1)C(=O)N1C[C@H]2[C@@H]([C@H]1C(=O)O)C2(C)C. The number of piperidine rings is 1. The van der Waals surface area contributed by atoms with E-state index in [9.17, 15) is 19.5 Å². The predicted molar refractivity (Wildman–Crippen MR) is 95.8 cm³/mol. The van der Waals surface area contributed by atoms with Crippen LogP contribution >= 0.6 is 0 Å². The summed E-state index contributed by atoms with van der Waals surface area (Å²) in [6.07, 6.45) is -0.752. The van der Waals surface area contributed by atoms with E-state index in [-0.39, 0.29) is 29.8 Å². The third-order valence-corrected chi connectivity index (χ3v) is 6.25. The number of carboxylic acids is 1. The first-order valence-corrected chi connectivity index (χ1v) is 9.49. The molecule has 1 saturated carbocycles. The second kappa shape index (κ2) is 6.74. The van der Waals surface area contributed by atoms with Gasteiger partial charge in [0.15, 0.2) is 6.10 Å². The van der Waals surface area contributed by atoms with Crippen LogP contribution in [0, 0.1) is 22.7 Å². The standard InChI is InChI=1S/C19H30N2O6/c1-18(2,3)14(20-15(22)11-9-26-6-7-27-11)16(23)21-8-10-12(19(10,4)5)13(21)17(24)25/h10-14H,6-9H2,1-5H3,(H,20,22)(H,24,25)/t10-,11?,12-,13-,14+/m0/s1. The second-order valence-corrected chi connectivity index (χ2v) is 9.47. The molecule has 3 aliphatic rings. The molecule has 2 amide bonds. The van der Waals surface area contributed by atoms with Gasteiger partial charge in [0.05, 0.1) is 19.8 Å². The number of nitrogens with one attached hydrogen (secondary N) is 1. The molecule has 3 fully saturated rings. The number of hydrogen-bond donors (Lipinski definition) is 2. The third-order valence-electron chi connectivity index (χ3n) is 6.25. The van der Waals surface area contributed by atoms with Gasteiger partial charge in [-0.05, 0) is 16.7 Å². The van der Waals surface area contributed by atoms with Gasteiger partial charge in [0.1, 0.15) is 12.1 Å². The summed E-state index contributed by atoms with van der Waals surface area (Å²) in [6, 6.07) is -1.67. The Hall–Kier alpha value is -1.67. The number of fused-ring (bicyclic) bond motifs is 1. The smallest absolute Gasteiger partial charge is 0.326 e. The molecule has 2 heterocycles. The molecule has 0 aromatic heterocycles. The Morgan fingerprint density at radius 1 is 1.22 bits per heavy atom. The minimum atomic E-state index is -0.982. The van der Waals surface area contributed by atoms with Crippen LogP contribution in [0.2, 0.25) is 0 Å². The second-order valence-electron chi connectivity index (χ2n) is 9.47. The van der Waals surface area contributed by atoms with Crippen molar-refractivity contribution in [1.82, 2.24) is 10.2 Å². The van der Waals surface area contributed by atoms with E-state index in [1.54, 1.807) is 0 Å². The zero-order valence-electron chi connectivity index (χ0n) is 16.7. The molecule has 8 nitrogen and oxygen atoms in total. The van der Waals surface area contributed by atoms with Gasteiger partial charge in [-0.25, -0.2) is 4.79 Å². The molecule has 2 aliphatic heterocycles. The number of rotatable bonds is 4. The Kier molecular flexibility index (Phi) is 5.01. The number of carbonyl (C=O) groups is 3. The van der Waals surface area contributed by atoms with Crippen LogP contribution in [0.4, 0.5) is 0 Å². The van der Waals surface area contributed by atoms with Gasteiger partial charge in [0, 0.05) is 12.5 Å². The number of aliphatic carboxylic acids is 1. The lowest BCUT2D eigenvalue weighted by Crippen LogP contribution is -2.60. The highest BCUT2D eigenvalue weighted by molar-refractivity contribution is 5.93. The van der Waals surface area contributed by atoms with Crippen LogP contribution in [-0.2, 0) is 23.9 Å². The van der Waals surface area contributed by atoms with Gasteiger partial charge in [0.25, 0.3) is 5.91 Å². The van der Waals surface area contributed by atoms with E-state index in [0.29, 0.717) is 19.8 Å². The van der Waals surface area contributed by atoms with Gasteiger partial charge in [-0.3, -0.25) is 9.59 Å². The molecule has 0 aromatic rings. The Balaban J connectivity index is 1.76. The molecule has 3 rings (SSSR count). The first kappa shape index (κ1) is 20.1. The van der Waals surface area contributed by atoms with Crippen LogP contribution in [0.15, 0.2) is 0 Å². The van der Waals surface area contributed by atoms with Gasteiger partial charge in [-0.15, -0.1) is 0 Å². The summed E-state index contributed by atoms with van der Waals surface area (Å²) in [5.41, 5.74) is -0.638. The average molecular weight is 382 g/mol. The molecule has 152 valence electrons. The summed E-state index contributed by atoms with van der Waals surface area (Å²) in [6.45, 7) is 11.0. The maximum atomic E-state index is 13.3. The van der Waals surface area contributed by atoms with E-state index in [4.69, 9.17) is 9.47 Å². The molecule has 5 atom stereocenters. The highest BCUT2D eigenvalue weighted by Gasteiger charge is 2.70. The lowest BCUT2D eigenvalue weighted by molar-refractivity contribution is -0.156. The highest BCUT2D eigenvalue weighted by Crippen LogP contribution is 2.65. The summed E-state index contributed by atoms with van der Waals surface area (Å²) >= 11 is 0. The van der Waals surface area contributed by atoms with Crippen LogP contribution in [0.3, 0.4) is 0 Å². The number of hydrogen-bond acceptors (Lipinski definition) is 5. The average Bonchev–Trinajstić information content (AvgIpc) is 2.96. The lowest BCUT2D eigenvalue weighted by atomic mass is 9.85. The van der Waals surface area contributed by atoms with Crippen molar-refractivity contribution >= 4 is 17.8 Å². The predicted octanol–water partition coefficient (Wildman–Crippen LogP) is 0.500. The number of carboxylic acid groups (broad SMARTS) is 1. The quantitative estimate of drug-likeness (QED) is 0.734. The summed E-state index contributed by atoms with van der Waals surface area (Å²) in [7, 11) is 0. The van der Waals surface area contributed by atoms with Crippen molar-refractivity contribution in [2.45, 2.75) is 52.8 Å². The first-order chi connectivity index (χ1) is 12.5. The first-order valence-electron chi connectivity index (χ1n) is 9.49. The number of ether oxygens (including phenoxy) is 2. The molecule has 0 radical (unpaired) electrons. The van der Waals surface area contributed by atoms with Crippen LogP contribution in [0.25, 0.3) is 0 Å². The van der Waals surface area contributed by atoms with E-state index in [0.717, 1.165) is 0 Å². The van der Waals surface area contributed by atoms with Crippen molar-refractivity contribution in [3.8, 4) is 0 Å². The summed E-state index contributed by atoms with van der Waals surface area (Å²) in [5, 5.41) is 12.5. The molecular weight excluding hydrogens is 352 g/mol. The minimum Gasteiger partial charge on any atom is -0.480 e. The summed E-state index contributed by atoms with van der Waals surface area (Å²) < 4.78 is 10.7. The Bertz CT molecular complexity index is 635. The van der Waals surface area contributed by atoms with Gasteiger partial charge in [0.2, 0.25) is 5.91 Å². The van der Waals surface area contributed by atoms with Crippen LogP contribution in [0.1, 0.15) is 34.6 Å². The molecule has 27 heavy (non-hydrogen) atoms. The Morgan fingerprint density at radius 3 is 2.41 bits per heavy atom. The molecule has 0 bridgehead atoms. The number of carbonyl (C=O) groups excluding carboxylic acids is 2. The highest BCUT2D eigenvalue weighted by atomic mass is 16.6. The van der Waals surface area contributed by atoms with Gasteiger partial charge in [-0.1, -0.05) is 34.6 Å².